The molecule has 2 heterocycles. The summed E-state index contributed by atoms with van der Waals surface area (Å²) in [4.78, 5) is 28.2. The van der Waals surface area contributed by atoms with Gasteiger partial charge in [0.05, 0.1) is 23.4 Å². The van der Waals surface area contributed by atoms with Gasteiger partial charge in [-0.3, -0.25) is 9.59 Å². The SMILES string of the molecule is COc1ccc(NC2=C(c3ccccc3)C(=O)N(c3ccc4c(c3)OCCO4)C2=O)cc1Cl. The number of methoxy groups -OCH3 is 1. The van der Waals surface area contributed by atoms with Crippen molar-refractivity contribution in [3.8, 4) is 17.2 Å². The second-order valence-corrected chi connectivity index (χ2v) is 7.77. The standard InChI is InChI=1S/C25H19ClN2O5/c1-31-19-9-7-16(13-18(19)26)27-23-22(15-5-3-2-4-6-15)24(29)28(25(23)30)17-8-10-20-21(14-17)33-12-11-32-20/h2-10,13-14,27H,11-12H2,1H3. The predicted molar refractivity (Wildman–Crippen MR) is 125 cm³/mol. The summed E-state index contributed by atoms with van der Waals surface area (Å²) < 4.78 is 16.4. The Morgan fingerprint density at radius 2 is 1.67 bits per heavy atom. The van der Waals surface area contributed by atoms with Crippen molar-refractivity contribution in [2.45, 2.75) is 0 Å². The zero-order chi connectivity index (χ0) is 22.9. The molecule has 7 nitrogen and oxygen atoms in total. The Balaban J connectivity index is 1.57. The van der Waals surface area contributed by atoms with E-state index in [2.05, 4.69) is 5.32 Å². The highest BCUT2D eigenvalue weighted by Crippen LogP contribution is 2.39. The zero-order valence-corrected chi connectivity index (χ0v) is 18.4. The minimum Gasteiger partial charge on any atom is -0.495 e. The molecule has 2 amide bonds. The molecule has 0 aromatic heterocycles. The molecule has 0 fully saturated rings. The molecule has 8 heteroatoms. The van der Waals surface area contributed by atoms with E-state index in [1.165, 1.54) is 7.11 Å². The van der Waals surface area contributed by atoms with Crippen LogP contribution in [-0.4, -0.2) is 32.1 Å². The van der Waals surface area contributed by atoms with Crippen LogP contribution in [0.15, 0.2) is 72.4 Å². The first-order chi connectivity index (χ1) is 16.1. The number of hydrogen-bond donors (Lipinski definition) is 1. The summed E-state index contributed by atoms with van der Waals surface area (Å²) in [6, 6.07) is 19.1. The largest absolute Gasteiger partial charge is 0.495 e. The number of carbonyl (C=O) groups excluding carboxylic acids is 2. The van der Waals surface area contributed by atoms with Crippen LogP contribution in [0.4, 0.5) is 11.4 Å². The Bertz CT molecular complexity index is 1290. The smallest absolute Gasteiger partial charge is 0.282 e. The van der Waals surface area contributed by atoms with Gasteiger partial charge in [-0.05, 0) is 35.9 Å². The van der Waals surface area contributed by atoms with Crippen LogP contribution in [0.2, 0.25) is 5.02 Å². The molecule has 166 valence electrons. The summed E-state index contributed by atoms with van der Waals surface area (Å²) in [5.74, 6) is 0.647. The van der Waals surface area contributed by atoms with Gasteiger partial charge in [0.2, 0.25) is 0 Å². The molecule has 0 unspecified atom stereocenters. The maximum absolute atomic E-state index is 13.5. The van der Waals surface area contributed by atoms with Gasteiger partial charge < -0.3 is 19.5 Å². The molecule has 5 rings (SSSR count). The average molecular weight is 463 g/mol. The van der Waals surface area contributed by atoms with Crippen molar-refractivity contribution in [1.29, 1.82) is 0 Å². The fraction of sp³-hybridized carbons (Fsp3) is 0.120. The molecule has 0 saturated heterocycles. The summed E-state index contributed by atoms with van der Waals surface area (Å²) in [5, 5.41) is 3.47. The molecule has 1 N–H and O–H groups in total. The second kappa shape index (κ2) is 8.52. The highest BCUT2D eigenvalue weighted by Gasteiger charge is 2.40. The Morgan fingerprint density at radius 3 is 2.39 bits per heavy atom. The first-order valence-electron chi connectivity index (χ1n) is 10.3. The van der Waals surface area contributed by atoms with E-state index in [1.807, 2.05) is 18.2 Å². The summed E-state index contributed by atoms with van der Waals surface area (Å²) >= 11 is 6.26. The minimum atomic E-state index is -0.484. The van der Waals surface area contributed by atoms with E-state index in [4.69, 9.17) is 25.8 Å². The molecule has 0 spiro atoms. The van der Waals surface area contributed by atoms with Gasteiger partial charge in [0, 0.05) is 11.8 Å². The van der Waals surface area contributed by atoms with E-state index in [-0.39, 0.29) is 11.3 Å². The number of anilines is 2. The van der Waals surface area contributed by atoms with E-state index in [9.17, 15) is 9.59 Å². The fourth-order valence-electron chi connectivity index (χ4n) is 3.81. The molecule has 0 radical (unpaired) electrons. The lowest BCUT2D eigenvalue weighted by Gasteiger charge is -2.21. The minimum absolute atomic E-state index is 0.155. The molecule has 0 saturated carbocycles. The third-order valence-corrected chi connectivity index (χ3v) is 5.65. The van der Waals surface area contributed by atoms with Crippen LogP contribution in [0.1, 0.15) is 5.56 Å². The molecular weight excluding hydrogens is 444 g/mol. The summed E-state index contributed by atoms with van der Waals surface area (Å²) in [6.07, 6.45) is 0. The number of halogens is 1. The number of benzene rings is 3. The van der Waals surface area contributed by atoms with Gasteiger partial charge in [-0.25, -0.2) is 4.90 Å². The molecule has 0 atom stereocenters. The Hall–Kier alpha value is -3.97. The number of carbonyl (C=O) groups is 2. The zero-order valence-electron chi connectivity index (χ0n) is 17.6. The van der Waals surface area contributed by atoms with Crippen LogP contribution in [0.3, 0.4) is 0 Å². The van der Waals surface area contributed by atoms with Gasteiger partial charge in [0.15, 0.2) is 11.5 Å². The highest BCUT2D eigenvalue weighted by atomic mass is 35.5. The number of ether oxygens (including phenoxy) is 3. The third-order valence-electron chi connectivity index (χ3n) is 5.35. The van der Waals surface area contributed by atoms with Crippen LogP contribution in [0.25, 0.3) is 5.57 Å². The van der Waals surface area contributed by atoms with Gasteiger partial charge >= 0.3 is 0 Å². The van der Waals surface area contributed by atoms with Crippen LogP contribution < -0.4 is 24.4 Å². The third kappa shape index (κ3) is 3.76. The van der Waals surface area contributed by atoms with E-state index in [1.54, 1.807) is 48.5 Å². The molecule has 2 aliphatic heterocycles. The number of hydrogen-bond acceptors (Lipinski definition) is 6. The Labute approximate surface area is 195 Å². The van der Waals surface area contributed by atoms with E-state index >= 15 is 0 Å². The molecule has 3 aromatic rings. The molecular formula is C25H19ClN2O5. The second-order valence-electron chi connectivity index (χ2n) is 7.36. The summed E-state index contributed by atoms with van der Waals surface area (Å²) in [5.41, 5.74) is 1.99. The number of nitrogens with one attached hydrogen (secondary N) is 1. The van der Waals surface area contributed by atoms with E-state index in [0.717, 1.165) is 4.90 Å². The van der Waals surface area contributed by atoms with Crippen molar-refractivity contribution >= 4 is 40.4 Å². The van der Waals surface area contributed by atoms with Crippen LogP contribution in [0, 0.1) is 0 Å². The number of imide groups is 1. The molecule has 0 aliphatic carbocycles. The normalized spacial score (nSPS) is 15.2. The summed E-state index contributed by atoms with van der Waals surface area (Å²) in [6.45, 7) is 0.850. The van der Waals surface area contributed by atoms with Crippen LogP contribution in [-0.2, 0) is 9.59 Å². The van der Waals surface area contributed by atoms with Crippen LogP contribution in [0.5, 0.6) is 17.2 Å². The first kappa shape index (κ1) is 20.9. The maximum atomic E-state index is 13.5. The van der Waals surface area contributed by atoms with Crippen molar-refractivity contribution in [3.63, 3.8) is 0 Å². The quantitative estimate of drug-likeness (QED) is 0.562. The van der Waals surface area contributed by atoms with Crippen molar-refractivity contribution in [2.75, 3.05) is 30.5 Å². The topological polar surface area (TPSA) is 77.1 Å². The van der Waals surface area contributed by atoms with E-state index in [0.29, 0.717) is 52.4 Å². The lowest BCUT2D eigenvalue weighted by molar-refractivity contribution is -0.120. The molecule has 33 heavy (non-hydrogen) atoms. The summed E-state index contributed by atoms with van der Waals surface area (Å²) in [7, 11) is 1.52. The molecule has 0 bridgehead atoms. The number of rotatable bonds is 5. The highest BCUT2D eigenvalue weighted by molar-refractivity contribution is 6.46. The number of nitrogens with zero attached hydrogens (tertiary/aromatic N) is 1. The van der Waals surface area contributed by atoms with Gasteiger partial charge in [-0.2, -0.15) is 0 Å². The predicted octanol–water partition coefficient (Wildman–Crippen LogP) is 4.52. The first-order valence-corrected chi connectivity index (χ1v) is 10.6. The number of amides is 2. The van der Waals surface area contributed by atoms with Gasteiger partial charge in [-0.1, -0.05) is 41.9 Å². The van der Waals surface area contributed by atoms with Crippen LogP contribution >= 0.6 is 11.6 Å². The maximum Gasteiger partial charge on any atom is 0.282 e. The Kier molecular flexibility index (Phi) is 5.40. The van der Waals surface area contributed by atoms with Crippen molar-refractivity contribution in [1.82, 2.24) is 0 Å². The average Bonchev–Trinajstić information content (AvgIpc) is 3.08. The molecule has 2 aliphatic rings. The van der Waals surface area contributed by atoms with Gasteiger partial charge in [-0.15, -0.1) is 0 Å². The lowest BCUT2D eigenvalue weighted by atomic mass is 10.0. The monoisotopic (exact) mass is 462 g/mol. The van der Waals surface area contributed by atoms with Gasteiger partial charge in [0.1, 0.15) is 24.7 Å². The van der Waals surface area contributed by atoms with Crippen molar-refractivity contribution < 1.29 is 23.8 Å². The lowest BCUT2D eigenvalue weighted by Crippen LogP contribution is -2.32. The number of fused-ring (bicyclic) bond motifs is 1. The van der Waals surface area contributed by atoms with Gasteiger partial charge in [0.25, 0.3) is 11.8 Å². The Morgan fingerprint density at radius 1 is 0.909 bits per heavy atom. The fourth-order valence-corrected chi connectivity index (χ4v) is 4.07. The van der Waals surface area contributed by atoms with E-state index < -0.39 is 11.8 Å². The van der Waals surface area contributed by atoms with Crippen molar-refractivity contribution in [3.05, 3.63) is 83.0 Å². The molecule has 3 aromatic carbocycles. The van der Waals surface area contributed by atoms with Crippen molar-refractivity contribution in [2.24, 2.45) is 0 Å².